The van der Waals surface area contributed by atoms with Crippen LogP contribution < -0.4 is 5.73 Å². The molecule has 0 aromatic heterocycles. The number of hydrogen-bond acceptors (Lipinski definition) is 5. The second-order valence-electron chi connectivity index (χ2n) is 7.93. The molecule has 0 aromatic carbocycles. The Hall–Kier alpha value is -1.55. The van der Waals surface area contributed by atoms with Crippen LogP contribution in [0.1, 0.15) is 27.2 Å². The molecular formula is C16H31N5O4S. The van der Waals surface area contributed by atoms with Gasteiger partial charge in [0.1, 0.15) is 5.60 Å². The lowest BCUT2D eigenvalue weighted by atomic mass is 10.1. The Morgan fingerprint density at radius 2 is 1.73 bits per heavy atom. The number of ether oxygens (including phenoxy) is 1. The molecule has 2 saturated heterocycles. The molecule has 0 aromatic rings. The van der Waals surface area contributed by atoms with Crippen LogP contribution in [0.15, 0.2) is 4.99 Å². The number of nitrogens with zero attached hydrogens (tertiary/aromatic N) is 4. The normalized spacial score (nSPS) is 23.4. The fraction of sp³-hybridized carbons (Fsp3) is 0.875. The van der Waals surface area contributed by atoms with Gasteiger partial charge in [0, 0.05) is 45.8 Å². The summed E-state index contributed by atoms with van der Waals surface area (Å²) in [5, 5.41) is 0. The Labute approximate surface area is 156 Å². The highest BCUT2D eigenvalue weighted by Gasteiger charge is 2.29. The first-order valence-corrected chi connectivity index (χ1v) is 10.8. The van der Waals surface area contributed by atoms with Crippen molar-refractivity contribution in [1.82, 2.24) is 14.1 Å². The third-order valence-corrected chi connectivity index (χ3v) is 5.75. The number of guanidine groups is 1. The third kappa shape index (κ3) is 6.01. The number of aliphatic imine (C=N–C) groups is 1. The highest BCUT2D eigenvalue weighted by molar-refractivity contribution is 7.88. The molecule has 9 nitrogen and oxygen atoms in total. The summed E-state index contributed by atoms with van der Waals surface area (Å²) in [6, 6.07) is 0. The van der Waals surface area contributed by atoms with Crippen LogP contribution >= 0.6 is 0 Å². The van der Waals surface area contributed by atoms with Crippen LogP contribution in [0.5, 0.6) is 0 Å². The van der Waals surface area contributed by atoms with Crippen molar-refractivity contribution in [2.45, 2.75) is 32.8 Å². The molecule has 1 unspecified atom stereocenters. The molecule has 0 spiro atoms. The molecule has 1 amide bonds. The van der Waals surface area contributed by atoms with Crippen LogP contribution in [-0.2, 0) is 14.8 Å². The minimum Gasteiger partial charge on any atom is -0.444 e. The van der Waals surface area contributed by atoms with E-state index >= 15 is 0 Å². The average molecular weight is 390 g/mol. The van der Waals surface area contributed by atoms with Gasteiger partial charge in [0.05, 0.1) is 6.26 Å². The summed E-state index contributed by atoms with van der Waals surface area (Å²) < 4.78 is 30.0. The van der Waals surface area contributed by atoms with Crippen LogP contribution in [0.4, 0.5) is 4.79 Å². The van der Waals surface area contributed by atoms with Gasteiger partial charge < -0.3 is 20.3 Å². The van der Waals surface area contributed by atoms with Gasteiger partial charge in [0.15, 0.2) is 5.96 Å². The van der Waals surface area contributed by atoms with Crippen molar-refractivity contribution in [3.05, 3.63) is 0 Å². The van der Waals surface area contributed by atoms with Crippen molar-refractivity contribution in [3.63, 3.8) is 0 Å². The Balaban J connectivity index is 1.78. The summed E-state index contributed by atoms with van der Waals surface area (Å²) in [4.78, 5) is 20.1. The molecule has 150 valence electrons. The fourth-order valence-electron chi connectivity index (χ4n) is 3.01. The van der Waals surface area contributed by atoms with Gasteiger partial charge in [-0.3, -0.25) is 4.99 Å². The van der Waals surface area contributed by atoms with Gasteiger partial charge in [-0.1, -0.05) is 0 Å². The van der Waals surface area contributed by atoms with E-state index in [2.05, 4.69) is 4.99 Å². The molecule has 0 saturated carbocycles. The van der Waals surface area contributed by atoms with E-state index in [0.717, 1.165) is 6.42 Å². The first-order valence-electron chi connectivity index (χ1n) is 8.93. The lowest BCUT2D eigenvalue weighted by molar-refractivity contribution is 0.0186. The molecule has 2 aliphatic heterocycles. The summed E-state index contributed by atoms with van der Waals surface area (Å²) in [5.41, 5.74) is 5.58. The van der Waals surface area contributed by atoms with Gasteiger partial charge >= 0.3 is 6.09 Å². The number of amides is 1. The number of piperazine rings is 1. The Bertz CT molecular complexity index is 636. The standard InChI is InChI=1S/C16H31N5O4S/c1-16(2,3)25-15(22)20-9-7-19(8-10-20)14(17)18-11-13-5-6-21(12-13)26(4,23)24/h13H,5-12H2,1-4H3,(H2,17,18). The minimum absolute atomic E-state index is 0.200. The molecule has 0 bridgehead atoms. The minimum atomic E-state index is -3.13. The van der Waals surface area contributed by atoms with Gasteiger partial charge in [-0.25, -0.2) is 17.5 Å². The third-order valence-electron chi connectivity index (χ3n) is 4.48. The lowest BCUT2D eigenvalue weighted by Crippen LogP contribution is -2.53. The molecule has 1 atom stereocenters. The van der Waals surface area contributed by atoms with Crippen molar-refractivity contribution < 1.29 is 17.9 Å². The molecule has 0 radical (unpaired) electrons. The lowest BCUT2D eigenvalue weighted by Gasteiger charge is -2.36. The molecule has 2 aliphatic rings. The maximum atomic E-state index is 12.1. The summed E-state index contributed by atoms with van der Waals surface area (Å²) in [6.45, 7) is 9.40. The maximum absolute atomic E-state index is 12.1. The van der Waals surface area contributed by atoms with Gasteiger partial charge in [-0.15, -0.1) is 0 Å². The number of sulfonamides is 1. The smallest absolute Gasteiger partial charge is 0.410 e. The second-order valence-corrected chi connectivity index (χ2v) is 9.91. The number of nitrogens with two attached hydrogens (primary N) is 1. The Morgan fingerprint density at radius 3 is 2.23 bits per heavy atom. The van der Waals surface area contributed by atoms with Crippen molar-refractivity contribution in [2.75, 3.05) is 52.1 Å². The van der Waals surface area contributed by atoms with Crippen LogP contribution in [-0.4, -0.2) is 92.2 Å². The van der Waals surface area contributed by atoms with Gasteiger partial charge in [0.25, 0.3) is 0 Å². The Kier molecular flexibility index (Phi) is 6.38. The molecular weight excluding hydrogens is 358 g/mol. The molecule has 2 rings (SSSR count). The van der Waals surface area contributed by atoms with Gasteiger partial charge in [0.2, 0.25) is 10.0 Å². The predicted molar refractivity (Wildman–Crippen MR) is 100 cm³/mol. The van der Waals surface area contributed by atoms with E-state index in [4.69, 9.17) is 10.5 Å². The second kappa shape index (κ2) is 7.99. The number of carbonyl (C=O) groups is 1. The number of carbonyl (C=O) groups excluding carboxylic acids is 1. The van der Waals surface area contributed by atoms with Crippen molar-refractivity contribution in [1.29, 1.82) is 0 Å². The van der Waals surface area contributed by atoms with Crippen LogP contribution in [0.2, 0.25) is 0 Å². The molecule has 10 heteroatoms. The zero-order valence-corrected chi connectivity index (χ0v) is 17.0. The van der Waals surface area contributed by atoms with Gasteiger partial charge in [-0.05, 0) is 33.1 Å². The summed E-state index contributed by atoms with van der Waals surface area (Å²) in [5.74, 6) is 0.651. The highest BCUT2D eigenvalue weighted by atomic mass is 32.2. The molecule has 2 fully saturated rings. The van der Waals surface area contributed by atoms with Gasteiger partial charge in [-0.2, -0.15) is 0 Å². The summed E-state index contributed by atoms with van der Waals surface area (Å²) >= 11 is 0. The fourth-order valence-corrected chi connectivity index (χ4v) is 3.93. The van der Waals surface area contributed by atoms with Crippen LogP contribution in [0, 0.1) is 5.92 Å². The average Bonchev–Trinajstić information content (AvgIpc) is 3.00. The van der Waals surface area contributed by atoms with E-state index in [1.807, 2.05) is 25.7 Å². The van der Waals surface area contributed by atoms with E-state index in [-0.39, 0.29) is 12.0 Å². The molecule has 26 heavy (non-hydrogen) atoms. The van der Waals surface area contributed by atoms with Crippen LogP contribution in [0.25, 0.3) is 0 Å². The first kappa shape index (κ1) is 20.8. The number of hydrogen-bond donors (Lipinski definition) is 1. The molecule has 0 aliphatic carbocycles. The quantitative estimate of drug-likeness (QED) is 0.543. The van der Waals surface area contributed by atoms with E-state index in [1.165, 1.54) is 10.6 Å². The predicted octanol–water partition coefficient (Wildman–Crippen LogP) is 0.135. The topological polar surface area (TPSA) is 109 Å². The van der Waals surface area contributed by atoms with Crippen LogP contribution in [0.3, 0.4) is 0 Å². The summed E-state index contributed by atoms with van der Waals surface area (Å²) in [6.07, 6.45) is 1.73. The zero-order valence-electron chi connectivity index (χ0n) is 16.1. The van der Waals surface area contributed by atoms with Crippen molar-refractivity contribution >= 4 is 22.1 Å². The van der Waals surface area contributed by atoms with Crippen molar-refractivity contribution in [3.8, 4) is 0 Å². The zero-order chi connectivity index (χ0) is 19.5. The number of rotatable bonds is 3. The van der Waals surface area contributed by atoms with E-state index in [9.17, 15) is 13.2 Å². The van der Waals surface area contributed by atoms with Crippen molar-refractivity contribution in [2.24, 2.45) is 16.6 Å². The van der Waals surface area contributed by atoms with E-state index in [0.29, 0.717) is 51.8 Å². The Morgan fingerprint density at radius 1 is 1.15 bits per heavy atom. The SMILES string of the molecule is CC(C)(C)OC(=O)N1CCN(C(N)=NCC2CCN(S(C)(=O)=O)C2)CC1. The monoisotopic (exact) mass is 389 g/mol. The van der Waals surface area contributed by atoms with E-state index in [1.54, 1.807) is 4.90 Å². The molecule has 2 heterocycles. The maximum Gasteiger partial charge on any atom is 0.410 e. The largest absolute Gasteiger partial charge is 0.444 e. The summed E-state index contributed by atoms with van der Waals surface area (Å²) in [7, 11) is -3.13. The molecule has 2 N–H and O–H groups in total. The van der Waals surface area contributed by atoms with E-state index < -0.39 is 15.6 Å². The highest BCUT2D eigenvalue weighted by Crippen LogP contribution is 2.19. The first-order chi connectivity index (χ1) is 12.0.